The highest BCUT2D eigenvalue weighted by atomic mass is 35.5. The van der Waals surface area contributed by atoms with E-state index in [2.05, 4.69) is 6.07 Å². The van der Waals surface area contributed by atoms with E-state index < -0.39 is 34.9 Å². The Morgan fingerprint density at radius 1 is 1.08 bits per heavy atom. The number of nitriles is 2. The molecule has 0 unspecified atom stereocenters. The molecule has 0 bridgehead atoms. The molecule has 1 aliphatic rings. The van der Waals surface area contributed by atoms with Crippen LogP contribution >= 0.6 is 23.2 Å². The summed E-state index contributed by atoms with van der Waals surface area (Å²) in [4.78, 5) is 15.4. The predicted molar refractivity (Wildman–Crippen MR) is 143 cm³/mol. The van der Waals surface area contributed by atoms with Crippen molar-refractivity contribution < 1.29 is 13.6 Å². The van der Waals surface area contributed by atoms with Crippen molar-refractivity contribution in [3.05, 3.63) is 105 Å². The average Bonchev–Trinajstić information content (AvgIpc) is 3.18. The zero-order valence-corrected chi connectivity index (χ0v) is 22.6. The van der Waals surface area contributed by atoms with Gasteiger partial charge in [-0.3, -0.25) is 4.79 Å². The van der Waals surface area contributed by atoms with Gasteiger partial charge in [-0.2, -0.15) is 10.5 Å². The van der Waals surface area contributed by atoms with Crippen molar-refractivity contribution in [1.29, 1.82) is 10.5 Å². The molecule has 4 rings (SSSR count). The maximum atomic E-state index is 15.7. The number of carbonyl (C=O) groups is 1. The largest absolute Gasteiger partial charge is 0.329 e. The van der Waals surface area contributed by atoms with Gasteiger partial charge in [0.25, 0.3) is 5.91 Å². The number of hydrogen-bond donors (Lipinski definition) is 0. The van der Waals surface area contributed by atoms with Crippen molar-refractivity contribution in [3.8, 4) is 12.1 Å². The number of likely N-dealkylation sites (tertiary alicyclic amines) is 1. The first kappa shape index (κ1) is 27.6. The monoisotopic (exact) mass is 551 g/mol. The van der Waals surface area contributed by atoms with E-state index in [0.717, 1.165) is 6.07 Å². The van der Waals surface area contributed by atoms with Gasteiger partial charge in [-0.1, -0.05) is 62.2 Å². The molecular weight excluding hydrogens is 527 g/mol. The van der Waals surface area contributed by atoms with Gasteiger partial charge < -0.3 is 4.90 Å². The first-order valence-electron chi connectivity index (χ1n) is 12.0. The molecule has 0 radical (unpaired) electrons. The lowest BCUT2D eigenvalue weighted by Gasteiger charge is -2.38. The third-order valence-corrected chi connectivity index (χ3v) is 7.55. The topological polar surface area (TPSA) is 67.9 Å². The number of amides is 1. The quantitative estimate of drug-likeness (QED) is 0.331. The highest BCUT2D eigenvalue weighted by Gasteiger charge is 2.60. The zero-order chi connectivity index (χ0) is 27.8. The first-order valence-corrected chi connectivity index (χ1v) is 12.8. The zero-order valence-electron chi connectivity index (χ0n) is 21.1. The molecule has 0 saturated carbocycles. The lowest BCUT2D eigenvalue weighted by atomic mass is 9.63. The molecule has 38 heavy (non-hydrogen) atoms. The van der Waals surface area contributed by atoms with E-state index in [0.29, 0.717) is 12.0 Å². The molecule has 0 spiro atoms. The fourth-order valence-corrected chi connectivity index (χ4v) is 5.86. The maximum absolute atomic E-state index is 15.7. The van der Waals surface area contributed by atoms with Crippen molar-refractivity contribution in [2.45, 2.75) is 38.6 Å². The van der Waals surface area contributed by atoms with Crippen LogP contribution in [0.5, 0.6) is 0 Å². The Bertz CT molecular complexity index is 1470. The summed E-state index contributed by atoms with van der Waals surface area (Å²) in [6.45, 7) is 6.05. The summed E-state index contributed by atoms with van der Waals surface area (Å²) in [5, 5.41) is 20.0. The van der Waals surface area contributed by atoms with E-state index in [-0.39, 0.29) is 38.7 Å². The van der Waals surface area contributed by atoms with Gasteiger partial charge in [0.2, 0.25) is 0 Å². The van der Waals surface area contributed by atoms with Crippen LogP contribution in [0.15, 0.2) is 60.7 Å². The van der Waals surface area contributed by atoms with Gasteiger partial charge in [0.05, 0.1) is 28.8 Å². The van der Waals surface area contributed by atoms with Crippen molar-refractivity contribution >= 4 is 29.1 Å². The van der Waals surface area contributed by atoms with Crippen LogP contribution in [-0.4, -0.2) is 17.4 Å². The molecule has 0 N–H and O–H groups in total. The minimum absolute atomic E-state index is 0.0202. The van der Waals surface area contributed by atoms with Gasteiger partial charge in [-0.25, -0.2) is 8.78 Å². The van der Waals surface area contributed by atoms with Crippen LogP contribution in [0.2, 0.25) is 10.0 Å². The summed E-state index contributed by atoms with van der Waals surface area (Å²) in [6.07, 6.45) is 0.443. The van der Waals surface area contributed by atoms with Crippen LogP contribution in [0.3, 0.4) is 0 Å². The second kappa shape index (κ2) is 10.4. The first-order chi connectivity index (χ1) is 17.9. The predicted octanol–water partition coefficient (Wildman–Crippen LogP) is 7.85. The fraction of sp³-hybridized carbons (Fsp3) is 0.300. The number of rotatable bonds is 4. The second-order valence-corrected chi connectivity index (χ2v) is 11.6. The van der Waals surface area contributed by atoms with E-state index in [1.54, 1.807) is 6.07 Å². The average molecular weight is 552 g/mol. The molecule has 3 aromatic carbocycles. The van der Waals surface area contributed by atoms with Crippen LogP contribution in [0, 0.1) is 45.6 Å². The van der Waals surface area contributed by atoms with Crippen molar-refractivity contribution in [3.63, 3.8) is 0 Å². The molecule has 0 aromatic heterocycles. The lowest BCUT2D eigenvalue weighted by Crippen LogP contribution is -2.41. The summed E-state index contributed by atoms with van der Waals surface area (Å²) in [6, 6.07) is 17.7. The Kier molecular flexibility index (Phi) is 7.53. The molecule has 1 heterocycles. The summed E-state index contributed by atoms with van der Waals surface area (Å²) in [5.41, 5.74) is -1.27. The Balaban J connectivity index is 2.02. The van der Waals surface area contributed by atoms with E-state index >= 15 is 8.78 Å². The molecule has 194 valence electrons. The second-order valence-electron chi connectivity index (χ2n) is 10.8. The molecule has 3 atom stereocenters. The maximum Gasteiger partial charge on any atom is 0.254 e. The summed E-state index contributed by atoms with van der Waals surface area (Å²) in [5.74, 6) is -2.52. The highest BCUT2D eigenvalue weighted by molar-refractivity contribution is 6.31. The van der Waals surface area contributed by atoms with Crippen molar-refractivity contribution in [2.24, 2.45) is 11.3 Å². The van der Waals surface area contributed by atoms with E-state index in [4.69, 9.17) is 28.5 Å². The van der Waals surface area contributed by atoms with Crippen molar-refractivity contribution in [1.82, 2.24) is 4.90 Å². The van der Waals surface area contributed by atoms with E-state index in [1.165, 1.54) is 53.4 Å². The van der Waals surface area contributed by atoms with Crippen LogP contribution in [0.1, 0.15) is 60.3 Å². The summed E-state index contributed by atoms with van der Waals surface area (Å²) >= 11 is 12.2. The molecule has 1 amide bonds. The molecule has 4 nitrogen and oxygen atoms in total. The number of carbonyl (C=O) groups excluding carboxylic acids is 1. The molecule has 0 aliphatic carbocycles. The fourth-order valence-electron chi connectivity index (χ4n) is 5.52. The van der Waals surface area contributed by atoms with E-state index in [1.807, 2.05) is 26.8 Å². The van der Waals surface area contributed by atoms with Gasteiger partial charge in [0, 0.05) is 34.2 Å². The Labute approximate surface area is 231 Å². The molecule has 1 aliphatic heterocycles. The molecule has 1 saturated heterocycles. The Morgan fingerprint density at radius 2 is 1.76 bits per heavy atom. The minimum atomic E-state index is -1.66. The van der Waals surface area contributed by atoms with Gasteiger partial charge >= 0.3 is 0 Å². The van der Waals surface area contributed by atoms with Crippen molar-refractivity contribution in [2.75, 3.05) is 6.54 Å². The number of halogens is 4. The van der Waals surface area contributed by atoms with E-state index in [9.17, 15) is 10.1 Å². The van der Waals surface area contributed by atoms with Crippen LogP contribution in [0.4, 0.5) is 8.78 Å². The van der Waals surface area contributed by atoms with Gasteiger partial charge in [0.15, 0.2) is 0 Å². The van der Waals surface area contributed by atoms with Crippen LogP contribution in [-0.2, 0) is 5.41 Å². The lowest BCUT2D eigenvalue weighted by molar-refractivity contribution is 0.0713. The SMILES string of the molecule is CC(C)(C)C[C@@H]1CN(C(=O)c2ccc(C#N)cc2)[C@H](c2cccc(Cl)c2F)[C@@]1(C#N)c1ccc(Cl)cc1F. The number of nitrogens with zero attached hydrogens (tertiary/aromatic N) is 3. The Morgan fingerprint density at radius 3 is 2.34 bits per heavy atom. The van der Waals surface area contributed by atoms with Gasteiger partial charge in [0.1, 0.15) is 17.0 Å². The molecular formula is C30H25Cl2F2N3O. The van der Waals surface area contributed by atoms with Crippen LogP contribution in [0.25, 0.3) is 0 Å². The smallest absolute Gasteiger partial charge is 0.254 e. The molecule has 3 aromatic rings. The van der Waals surface area contributed by atoms with Gasteiger partial charge in [-0.05, 0) is 54.3 Å². The third-order valence-electron chi connectivity index (χ3n) is 7.02. The highest BCUT2D eigenvalue weighted by Crippen LogP contribution is 2.56. The third kappa shape index (κ3) is 4.87. The standard InChI is InChI=1S/C30H25Cl2F2N3O/c1-29(2,3)14-20-16-37(28(38)19-9-7-18(15-35)8-10-19)27(22-5-4-6-24(32)26(22)34)30(20,17-36)23-12-11-21(31)13-25(23)33/h4-13,20,27H,14,16H2,1-3H3/t20-,27-,30-/m1/s1. The minimum Gasteiger partial charge on any atom is -0.329 e. The Hall–Kier alpha value is -3.45. The van der Waals surface area contributed by atoms with Gasteiger partial charge in [-0.15, -0.1) is 0 Å². The number of benzene rings is 3. The number of hydrogen-bond acceptors (Lipinski definition) is 3. The normalized spacial score (nSPS) is 21.1. The molecule has 1 fully saturated rings. The summed E-state index contributed by atoms with van der Waals surface area (Å²) in [7, 11) is 0. The molecule has 8 heteroatoms. The summed E-state index contributed by atoms with van der Waals surface area (Å²) < 4.78 is 31.3. The van der Waals surface area contributed by atoms with Crippen LogP contribution < -0.4 is 0 Å².